The van der Waals surface area contributed by atoms with Crippen LogP contribution in [0.3, 0.4) is 0 Å². The lowest BCUT2D eigenvalue weighted by Gasteiger charge is -2.40. The van der Waals surface area contributed by atoms with Crippen molar-refractivity contribution in [2.24, 2.45) is 0 Å². The third-order valence-corrected chi connectivity index (χ3v) is 18.6. The third-order valence-electron chi connectivity index (χ3n) is 18.6. The highest BCUT2D eigenvalue weighted by Crippen LogP contribution is 2.24. The normalized spacial score (nSPS) is 18.1. The first-order chi connectivity index (χ1) is 41.3. The van der Waals surface area contributed by atoms with Gasteiger partial charge < -0.3 is 40.3 Å². The summed E-state index contributed by atoms with van der Waals surface area (Å²) in [6, 6.07) is -0.717. The van der Waals surface area contributed by atoms with Gasteiger partial charge >= 0.3 is 0 Å². The van der Waals surface area contributed by atoms with Gasteiger partial charge in [-0.2, -0.15) is 0 Å². The van der Waals surface area contributed by atoms with Crippen LogP contribution in [0.2, 0.25) is 0 Å². The molecule has 500 valence electrons. The van der Waals surface area contributed by atoms with Gasteiger partial charge in [-0.15, -0.1) is 0 Å². The van der Waals surface area contributed by atoms with Gasteiger partial charge in [0.15, 0.2) is 6.29 Å². The lowest BCUT2D eigenvalue weighted by molar-refractivity contribution is -0.302. The number of aliphatic hydroxyl groups excluding tert-OH is 5. The highest BCUT2D eigenvalue weighted by atomic mass is 16.7. The van der Waals surface area contributed by atoms with Crippen LogP contribution in [0.15, 0.2) is 12.2 Å². The summed E-state index contributed by atoms with van der Waals surface area (Å²) in [5.41, 5.74) is 0. The Hall–Kier alpha value is -1.07. The second-order valence-corrected chi connectivity index (χ2v) is 26.8. The van der Waals surface area contributed by atoms with Crippen LogP contribution in [0.25, 0.3) is 0 Å². The molecule has 0 aromatic carbocycles. The largest absolute Gasteiger partial charge is 0.394 e. The van der Waals surface area contributed by atoms with Crippen molar-refractivity contribution in [3.63, 3.8) is 0 Å². The molecular weight excluding hydrogens is 1040 g/mol. The number of carbonyl (C=O) groups excluding carboxylic acids is 1. The first kappa shape index (κ1) is 80.9. The Morgan fingerprint density at radius 1 is 0.393 bits per heavy atom. The van der Waals surface area contributed by atoms with Crippen LogP contribution in [0, 0.1) is 0 Å². The van der Waals surface area contributed by atoms with E-state index in [1.807, 2.05) is 0 Å². The standard InChI is InChI=1S/C75H147NO8/c1-3-5-7-9-11-13-15-17-19-21-23-25-27-28-29-30-31-32-33-34-35-36-37-38-39-40-41-42-43-45-47-49-51-53-55-57-59-61-63-65-71(79)76-68(67-83-75-74(82)73(81)72(80)70(66-77)84-75)69(78)64-62-60-58-56-54-52-50-48-46-44-26-24-22-20-18-16-14-12-10-8-6-4-2/h34-35,68-70,72-75,77-78,80-82H,3-33,36-67H2,1-2H3,(H,76,79)/b35-34-. The van der Waals surface area contributed by atoms with E-state index >= 15 is 0 Å². The van der Waals surface area contributed by atoms with Gasteiger partial charge in [0.05, 0.1) is 25.4 Å². The maximum atomic E-state index is 13.2. The van der Waals surface area contributed by atoms with Gasteiger partial charge in [0.1, 0.15) is 24.4 Å². The van der Waals surface area contributed by atoms with Gasteiger partial charge in [-0.3, -0.25) is 4.79 Å². The molecule has 0 aliphatic carbocycles. The Bertz CT molecular complexity index is 1330. The molecule has 9 nitrogen and oxygen atoms in total. The molecule has 0 spiro atoms. The molecule has 6 N–H and O–H groups in total. The predicted octanol–water partition coefficient (Wildman–Crippen LogP) is 21.0. The van der Waals surface area contributed by atoms with E-state index in [-0.39, 0.29) is 12.5 Å². The second-order valence-electron chi connectivity index (χ2n) is 26.8. The van der Waals surface area contributed by atoms with Crippen LogP contribution in [-0.4, -0.2) is 87.5 Å². The molecule has 84 heavy (non-hydrogen) atoms. The Morgan fingerprint density at radius 2 is 0.667 bits per heavy atom. The van der Waals surface area contributed by atoms with Crippen LogP contribution in [0.1, 0.15) is 406 Å². The molecule has 0 aromatic heterocycles. The summed E-state index contributed by atoms with van der Waals surface area (Å²) in [6.07, 6.45) is 77.4. The molecule has 1 fully saturated rings. The maximum Gasteiger partial charge on any atom is 0.220 e. The summed E-state index contributed by atoms with van der Waals surface area (Å²) in [5.74, 6) is -0.134. The molecule has 0 aromatic rings. The van der Waals surface area contributed by atoms with Crippen molar-refractivity contribution in [1.29, 1.82) is 0 Å². The molecular formula is C75H147NO8. The quantitative estimate of drug-likeness (QED) is 0.0261. The van der Waals surface area contributed by atoms with Crippen LogP contribution in [-0.2, 0) is 14.3 Å². The minimum atomic E-state index is -1.55. The van der Waals surface area contributed by atoms with Crippen LogP contribution in [0.4, 0.5) is 0 Å². The number of aliphatic hydroxyl groups is 5. The smallest absolute Gasteiger partial charge is 0.220 e. The zero-order chi connectivity index (χ0) is 60.7. The summed E-state index contributed by atoms with van der Waals surface area (Å²) in [6.45, 7) is 3.91. The molecule has 1 aliphatic heterocycles. The highest BCUT2D eigenvalue weighted by molar-refractivity contribution is 5.76. The van der Waals surface area contributed by atoms with Gasteiger partial charge in [-0.1, -0.05) is 373 Å². The molecule has 0 saturated carbocycles. The van der Waals surface area contributed by atoms with Crippen molar-refractivity contribution in [1.82, 2.24) is 5.32 Å². The molecule has 9 heteroatoms. The number of amides is 1. The van der Waals surface area contributed by atoms with E-state index in [9.17, 15) is 30.3 Å². The van der Waals surface area contributed by atoms with E-state index in [0.717, 1.165) is 38.5 Å². The van der Waals surface area contributed by atoms with E-state index in [1.165, 1.54) is 340 Å². The molecule has 0 radical (unpaired) electrons. The summed E-state index contributed by atoms with van der Waals surface area (Å²) in [5, 5.41) is 55.0. The molecule has 1 rings (SSSR count). The molecule has 1 amide bonds. The van der Waals surface area contributed by atoms with Gasteiger partial charge in [0, 0.05) is 6.42 Å². The van der Waals surface area contributed by atoms with Gasteiger partial charge in [-0.05, 0) is 38.5 Å². The predicted molar refractivity (Wildman–Crippen MR) is 360 cm³/mol. The van der Waals surface area contributed by atoms with Gasteiger partial charge in [0.25, 0.3) is 0 Å². The van der Waals surface area contributed by atoms with Gasteiger partial charge in [0.2, 0.25) is 5.91 Å². The van der Waals surface area contributed by atoms with E-state index in [2.05, 4.69) is 31.3 Å². The molecule has 1 aliphatic rings. The van der Waals surface area contributed by atoms with E-state index in [0.29, 0.717) is 12.8 Å². The average Bonchev–Trinajstić information content (AvgIpc) is 3.70. The van der Waals surface area contributed by atoms with Crippen LogP contribution < -0.4 is 5.32 Å². The van der Waals surface area contributed by atoms with E-state index in [4.69, 9.17) is 9.47 Å². The zero-order valence-electron chi connectivity index (χ0n) is 56.2. The van der Waals surface area contributed by atoms with E-state index in [1.54, 1.807) is 0 Å². The van der Waals surface area contributed by atoms with Gasteiger partial charge in [-0.25, -0.2) is 0 Å². The number of carbonyl (C=O) groups is 1. The fourth-order valence-corrected chi connectivity index (χ4v) is 12.7. The zero-order valence-corrected chi connectivity index (χ0v) is 56.2. The molecule has 1 heterocycles. The monoisotopic (exact) mass is 1190 g/mol. The first-order valence-electron chi connectivity index (χ1n) is 37.9. The third kappa shape index (κ3) is 52.8. The second kappa shape index (κ2) is 64.9. The molecule has 7 unspecified atom stereocenters. The topological polar surface area (TPSA) is 149 Å². The summed E-state index contributed by atoms with van der Waals surface area (Å²) in [4.78, 5) is 13.2. The van der Waals surface area contributed by atoms with Crippen molar-refractivity contribution in [3.8, 4) is 0 Å². The number of nitrogens with one attached hydrogen (secondary N) is 1. The maximum absolute atomic E-state index is 13.2. The van der Waals surface area contributed by atoms with Crippen LogP contribution >= 0.6 is 0 Å². The number of hydrogen-bond acceptors (Lipinski definition) is 8. The molecule has 7 atom stereocenters. The number of unbranched alkanes of at least 4 members (excludes halogenated alkanes) is 56. The lowest BCUT2D eigenvalue weighted by atomic mass is 9.99. The summed E-state index contributed by atoms with van der Waals surface area (Å²) in [7, 11) is 0. The SMILES string of the molecule is CCCCCCCCCCCCCCCCCCCC/C=C\CCCCCCCCCCCCCCCCCCCC(=O)NC(COC1OC(CO)C(O)C(O)C1O)C(O)CCCCCCCCCCCCCCCCCCCCCCCC. The highest BCUT2D eigenvalue weighted by Gasteiger charge is 2.44. The fraction of sp³-hybridized carbons (Fsp3) is 0.960. The van der Waals surface area contributed by atoms with Crippen molar-refractivity contribution in [3.05, 3.63) is 12.2 Å². The number of allylic oxidation sites excluding steroid dienone is 2. The minimum Gasteiger partial charge on any atom is -0.394 e. The number of rotatable bonds is 68. The van der Waals surface area contributed by atoms with Crippen molar-refractivity contribution < 1.29 is 39.8 Å². The summed E-state index contributed by atoms with van der Waals surface area (Å²) >= 11 is 0. The average molecular weight is 1190 g/mol. The lowest BCUT2D eigenvalue weighted by Crippen LogP contribution is -2.60. The number of hydrogen-bond donors (Lipinski definition) is 6. The minimum absolute atomic E-state index is 0.132. The Kier molecular flexibility index (Phi) is 62.5. The molecule has 0 bridgehead atoms. The van der Waals surface area contributed by atoms with Crippen molar-refractivity contribution >= 4 is 5.91 Å². The molecule has 1 saturated heterocycles. The Balaban J connectivity index is 2.03. The van der Waals surface area contributed by atoms with Crippen molar-refractivity contribution in [2.75, 3.05) is 13.2 Å². The van der Waals surface area contributed by atoms with Crippen LogP contribution in [0.5, 0.6) is 0 Å². The van der Waals surface area contributed by atoms with Crippen molar-refractivity contribution in [2.45, 2.75) is 448 Å². The van der Waals surface area contributed by atoms with E-state index < -0.39 is 49.5 Å². The number of ether oxygens (including phenoxy) is 2. The summed E-state index contributed by atoms with van der Waals surface area (Å²) < 4.78 is 11.4. The fourth-order valence-electron chi connectivity index (χ4n) is 12.7. The Morgan fingerprint density at radius 3 is 0.964 bits per heavy atom. The Labute approximate surface area is 522 Å². The first-order valence-corrected chi connectivity index (χ1v) is 37.9.